The van der Waals surface area contributed by atoms with E-state index in [1.165, 1.54) is 42.0 Å². The van der Waals surface area contributed by atoms with Gasteiger partial charge in [-0.25, -0.2) is 19.5 Å². The Morgan fingerprint density at radius 2 is 1.97 bits per heavy atom. The molecule has 1 atom stereocenters. The standard InChI is InChI=1S/C21H14F3N9O2/c22-21(23,24)11-3-1-7-33-14(11)9-13(31-33)16-15-12(27-10-28-15)4-8-32(16)20(34)19-30-29-18(35-19)17-25-5-2-6-26-17/h1-3,5-7,9-10,16H,4,8H2,(H,27,28)/t16-/m0/s1. The number of rotatable bonds is 3. The van der Waals surface area contributed by atoms with E-state index in [0.29, 0.717) is 12.1 Å². The highest BCUT2D eigenvalue weighted by atomic mass is 19.4. The van der Waals surface area contributed by atoms with Gasteiger partial charge in [0.2, 0.25) is 5.82 Å². The highest BCUT2D eigenvalue weighted by Gasteiger charge is 2.39. The second kappa shape index (κ2) is 7.72. The van der Waals surface area contributed by atoms with Crippen LogP contribution in [0.15, 0.2) is 53.6 Å². The largest absolute Gasteiger partial charge is 0.418 e. The lowest BCUT2D eigenvalue weighted by Gasteiger charge is -2.32. The average Bonchev–Trinajstić information content (AvgIpc) is 3.61. The molecular formula is C21H14F3N9O2. The molecule has 176 valence electrons. The van der Waals surface area contributed by atoms with Crippen molar-refractivity contribution in [2.75, 3.05) is 6.54 Å². The molecule has 0 aliphatic carbocycles. The van der Waals surface area contributed by atoms with Crippen molar-refractivity contribution in [1.29, 1.82) is 0 Å². The highest BCUT2D eigenvalue weighted by Crippen LogP contribution is 2.37. The molecule has 0 aromatic carbocycles. The van der Waals surface area contributed by atoms with Crippen LogP contribution in [0, 0.1) is 0 Å². The first-order valence-electron chi connectivity index (χ1n) is 10.4. The van der Waals surface area contributed by atoms with Crippen molar-refractivity contribution in [3.8, 4) is 11.7 Å². The minimum absolute atomic E-state index is 0.0366. The number of pyridine rings is 1. The van der Waals surface area contributed by atoms with Crippen molar-refractivity contribution in [2.24, 2.45) is 0 Å². The number of H-pyrrole nitrogens is 1. The molecule has 11 nitrogen and oxygen atoms in total. The first-order valence-corrected chi connectivity index (χ1v) is 10.4. The molecule has 0 radical (unpaired) electrons. The fourth-order valence-electron chi connectivity index (χ4n) is 4.14. The Morgan fingerprint density at radius 1 is 1.14 bits per heavy atom. The first-order chi connectivity index (χ1) is 16.9. The van der Waals surface area contributed by atoms with E-state index in [0.717, 1.165) is 16.3 Å². The molecule has 0 bridgehead atoms. The Hall–Kier alpha value is -4.62. The van der Waals surface area contributed by atoms with Gasteiger partial charge in [-0.05, 0) is 24.3 Å². The molecule has 1 amide bonds. The fraction of sp³-hybridized carbons (Fsp3) is 0.190. The van der Waals surface area contributed by atoms with E-state index >= 15 is 0 Å². The zero-order chi connectivity index (χ0) is 24.2. The van der Waals surface area contributed by atoms with Crippen LogP contribution in [0.1, 0.15) is 39.4 Å². The zero-order valence-corrected chi connectivity index (χ0v) is 17.6. The Kier molecular flexibility index (Phi) is 4.62. The van der Waals surface area contributed by atoms with E-state index in [1.807, 2.05) is 0 Å². The molecule has 0 unspecified atom stereocenters. The average molecular weight is 481 g/mol. The molecule has 5 aromatic heterocycles. The summed E-state index contributed by atoms with van der Waals surface area (Å²) < 4.78 is 47.4. The van der Waals surface area contributed by atoms with Crippen molar-refractivity contribution in [1.82, 2.24) is 44.6 Å². The summed E-state index contributed by atoms with van der Waals surface area (Å²) in [5.41, 5.74) is 0.489. The van der Waals surface area contributed by atoms with Crippen LogP contribution in [0.3, 0.4) is 0 Å². The van der Waals surface area contributed by atoms with Gasteiger partial charge in [0, 0.05) is 37.3 Å². The van der Waals surface area contributed by atoms with Gasteiger partial charge in [0.15, 0.2) is 0 Å². The van der Waals surface area contributed by atoms with E-state index in [1.54, 1.807) is 6.07 Å². The van der Waals surface area contributed by atoms with Crippen molar-refractivity contribution in [2.45, 2.75) is 18.6 Å². The molecule has 35 heavy (non-hydrogen) atoms. The van der Waals surface area contributed by atoms with Gasteiger partial charge >= 0.3 is 18.0 Å². The molecule has 5 aromatic rings. The summed E-state index contributed by atoms with van der Waals surface area (Å²) in [7, 11) is 0. The number of hydrogen-bond acceptors (Lipinski definition) is 8. The molecule has 0 fully saturated rings. The molecular weight excluding hydrogens is 467 g/mol. The van der Waals surface area contributed by atoms with E-state index in [9.17, 15) is 18.0 Å². The van der Waals surface area contributed by atoms with Crippen LogP contribution < -0.4 is 0 Å². The third-order valence-corrected chi connectivity index (χ3v) is 5.66. The Morgan fingerprint density at radius 3 is 2.77 bits per heavy atom. The Balaban J connectivity index is 1.42. The van der Waals surface area contributed by atoms with Crippen molar-refractivity contribution >= 4 is 11.4 Å². The van der Waals surface area contributed by atoms with Gasteiger partial charge in [-0.3, -0.25) is 4.79 Å². The zero-order valence-electron chi connectivity index (χ0n) is 17.6. The van der Waals surface area contributed by atoms with E-state index in [-0.39, 0.29) is 35.4 Å². The van der Waals surface area contributed by atoms with Crippen molar-refractivity contribution in [3.63, 3.8) is 0 Å². The minimum Gasteiger partial charge on any atom is -0.409 e. The molecule has 6 rings (SSSR count). The molecule has 1 aliphatic rings. The number of imidazole rings is 1. The molecule has 1 aliphatic heterocycles. The summed E-state index contributed by atoms with van der Waals surface area (Å²) in [4.78, 5) is 30.2. The third kappa shape index (κ3) is 3.50. The number of carbonyl (C=O) groups excluding carboxylic acids is 1. The number of alkyl halides is 3. The maximum Gasteiger partial charge on any atom is 0.418 e. The van der Waals surface area contributed by atoms with E-state index in [4.69, 9.17) is 4.42 Å². The third-order valence-electron chi connectivity index (χ3n) is 5.66. The first kappa shape index (κ1) is 20.9. The number of fused-ring (bicyclic) bond motifs is 2. The number of halogens is 3. The maximum atomic E-state index is 13.6. The summed E-state index contributed by atoms with van der Waals surface area (Å²) in [6, 6.07) is 4.30. The van der Waals surface area contributed by atoms with Gasteiger partial charge in [0.05, 0.1) is 28.8 Å². The van der Waals surface area contributed by atoms with Gasteiger partial charge in [-0.2, -0.15) is 18.3 Å². The van der Waals surface area contributed by atoms with Crippen LogP contribution in [0.2, 0.25) is 0 Å². The number of amides is 1. The second-order valence-electron chi connectivity index (χ2n) is 7.72. The van der Waals surface area contributed by atoms with Gasteiger partial charge in [0.1, 0.15) is 6.04 Å². The van der Waals surface area contributed by atoms with Gasteiger partial charge in [-0.1, -0.05) is 0 Å². The second-order valence-corrected chi connectivity index (χ2v) is 7.72. The van der Waals surface area contributed by atoms with Crippen LogP contribution >= 0.6 is 0 Å². The van der Waals surface area contributed by atoms with Crippen LogP contribution in [0.25, 0.3) is 17.2 Å². The maximum absolute atomic E-state index is 13.6. The molecule has 14 heteroatoms. The summed E-state index contributed by atoms with van der Waals surface area (Å²) >= 11 is 0. The minimum atomic E-state index is -4.57. The lowest BCUT2D eigenvalue weighted by molar-refractivity contribution is -0.136. The topological polar surface area (TPSA) is 131 Å². The van der Waals surface area contributed by atoms with Gasteiger partial charge < -0.3 is 14.3 Å². The Labute approximate surface area is 193 Å². The Bertz CT molecular complexity index is 1540. The quantitative estimate of drug-likeness (QED) is 0.416. The van der Waals surface area contributed by atoms with Crippen LogP contribution in [-0.4, -0.2) is 57.1 Å². The van der Waals surface area contributed by atoms with Gasteiger partial charge in [0.25, 0.3) is 5.89 Å². The van der Waals surface area contributed by atoms with Crippen LogP contribution in [0.4, 0.5) is 13.2 Å². The van der Waals surface area contributed by atoms with Crippen molar-refractivity contribution in [3.05, 3.63) is 77.7 Å². The van der Waals surface area contributed by atoms with Crippen molar-refractivity contribution < 1.29 is 22.4 Å². The lowest BCUT2D eigenvalue weighted by Crippen LogP contribution is -2.41. The number of nitrogens with zero attached hydrogens (tertiary/aromatic N) is 8. The lowest BCUT2D eigenvalue weighted by atomic mass is 9.99. The molecule has 0 spiro atoms. The van der Waals surface area contributed by atoms with E-state index < -0.39 is 23.7 Å². The van der Waals surface area contributed by atoms with Crippen LogP contribution in [0.5, 0.6) is 0 Å². The summed E-state index contributed by atoms with van der Waals surface area (Å²) in [6.45, 7) is 0.220. The normalized spacial score (nSPS) is 16.0. The summed E-state index contributed by atoms with van der Waals surface area (Å²) in [6.07, 6.45) is 1.75. The molecule has 1 N–H and O–H groups in total. The number of hydrogen-bond donors (Lipinski definition) is 1. The number of aromatic nitrogens is 8. The fourth-order valence-corrected chi connectivity index (χ4v) is 4.14. The predicted molar refractivity (Wildman–Crippen MR) is 111 cm³/mol. The monoisotopic (exact) mass is 481 g/mol. The smallest absolute Gasteiger partial charge is 0.409 e. The van der Waals surface area contributed by atoms with E-state index in [2.05, 4.69) is 35.2 Å². The summed E-state index contributed by atoms with van der Waals surface area (Å²) in [5, 5.41) is 12.0. The number of carbonyl (C=O) groups is 1. The number of nitrogens with one attached hydrogen (secondary N) is 1. The van der Waals surface area contributed by atoms with Gasteiger partial charge in [-0.15, -0.1) is 10.2 Å². The van der Waals surface area contributed by atoms with Crippen LogP contribution in [-0.2, 0) is 12.6 Å². The predicted octanol–water partition coefficient (Wildman–Crippen LogP) is 2.70. The molecule has 0 saturated carbocycles. The highest BCUT2D eigenvalue weighted by molar-refractivity contribution is 5.90. The molecule has 0 saturated heterocycles. The summed E-state index contributed by atoms with van der Waals surface area (Å²) in [5.74, 6) is -0.808. The number of aromatic amines is 1. The SMILES string of the molecule is O=C(c1nnc(-c2ncccn2)o1)N1CCc2[nH]cnc2[C@@H]1c1cc2c(C(F)(F)F)cccn2n1. The molecule has 6 heterocycles.